The minimum atomic E-state index is -4.57. The Morgan fingerprint density at radius 1 is 1.24 bits per heavy atom. The quantitative estimate of drug-likeness (QED) is 0.810. The van der Waals surface area contributed by atoms with Gasteiger partial charge in [0.25, 0.3) is 0 Å². The van der Waals surface area contributed by atoms with Crippen molar-refractivity contribution in [2.45, 2.75) is 6.18 Å². The van der Waals surface area contributed by atoms with Gasteiger partial charge in [0.15, 0.2) is 5.11 Å². The molecule has 2 aromatic rings. The summed E-state index contributed by atoms with van der Waals surface area (Å²) in [5.74, 6) is -0.0528. The number of aromatic nitrogens is 2. The van der Waals surface area contributed by atoms with Crippen molar-refractivity contribution in [1.82, 2.24) is 9.97 Å². The highest BCUT2D eigenvalue weighted by Gasteiger charge is 2.33. The first-order valence-corrected chi connectivity index (χ1v) is 6.73. The predicted octanol–water partition coefficient (Wildman–Crippen LogP) is 3.64. The van der Waals surface area contributed by atoms with Gasteiger partial charge in [0, 0.05) is 10.5 Å². The van der Waals surface area contributed by atoms with Crippen LogP contribution in [-0.4, -0.2) is 15.1 Å². The summed E-state index contributed by atoms with van der Waals surface area (Å²) in [6.45, 7) is 0. The third kappa shape index (κ3) is 3.67. The summed E-state index contributed by atoms with van der Waals surface area (Å²) in [5.41, 5.74) is 5.03. The number of nitrogens with two attached hydrogens (primary N) is 1. The molecule has 9 heteroatoms. The second-order valence-corrected chi connectivity index (χ2v) is 5.25. The van der Waals surface area contributed by atoms with E-state index in [4.69, 9.17) is 18.0 Å². The molecule has 110 valence electrons. The van der Waals surface area contributed by atoms with Crippen LogP contribution in [-0.2, 0) is 6.18 Å². The molecule has 2 rings (SSSR count). The molecule has 4 nitrogen and oxygen atoms in total. The molecule has 0 aliphatic carbocycles. The van der Waals surface area contributed by atoms with Crippen molar-refractivity contribution in [3.63, 3.8) is 0 Å². The first-order chi connectivity index (χ1) is 9.79. The Kier molecular flexibility index (Phi) is 4.43. The molecule has 0 spiro atoms. The first-order valence-electron chi connectivity index (χ1n) is 5.53. The number of hydrogen-bond acceptors (Lipinski definition) is 3. The number of hydrogen-bond donors (Lipinski definition) is 1. The molecule has 2 N–H and O–H groups in total. The molecule has 0 saturated carbocycles. The van der Waals surface area contributed by atoms with Gasteiger partial charge in [-0.3, -0.25) is 4.90 Å². The summed E-state index contributed by atoms with van der Waals surface area (Å²) in [6.07, 6.45) is -3.75. The first kappa shape index (κ1) is 15.6. The van der Waals surface area contributed by atoms with Crippen LogP contribution in [0.25, 0.3) is 0 Å². The second-order valence-electron chi connectivity index (χ2n) is 3.91. The summed E-state index contributed by atoms with van der Waals surface area (Å²) >= 11 is 8.18. The Balaban J connectivity index is 2.52. The van der Waals surface area contributed by atoms with Crippen molar-refractivity contribution in [1.29, 1.82) is 0 Å². The average Bonchev–Trinajstić information content (AvgIpc) is 2.38. The zero-order valence-corrected chi connectivity index (χ0v) is 12.7. The van der Waals surface area contributed by atoms with E-state index >= 15 is 0 Å². The fraction of sp³-hybridized carbons (Fsp3) is 0.0833. The number of rotatable bonds is 2. The van der Waals surface area contributed by atoms with Gasteiger partial charge in [-0.05, 0) is 30.4 Å². The summed E-state index contributed by atoms with van der Waals surface area (Å²) in [6, 6.07) is 7.58. The highest BCUT2D eigenvalue weighted by atomic mass is 79.9. The van der Waals surface area contributed by atoms with Crippen molar-refractivity contribution in [3.05, 3.63) is 46.8 Å². The molecule has 0 aliphatic heterocycles. The lowest BCUT2D eigenvalue weighted by Crippen LogP contribution is -2.32. The molecule has 0 radical (unpaired) electrons. The molecule has 0 aliphatic rings. The van der Waals surface area contributed by atoms with E-state index in [0.29, 0.717) is 5.69 Å². The predicted molar refractivity (Wildman–Crippen MR) is 80.1 cm³/mol. The molecule has 0 fully saturated rings. The number of halogens is 4. The molecule has 1 heterocycles. The molecule has 0 atom stereocenters. The van der Waals surface area contributed by atoms with Crippen LogP contribution >= 0.6 is 28.1 Å². The Bertz CT molecular complexity index is 678. The average molecular weight is 377 g/mol. The molecule has 0 saturated heterocycles. The SMILES string of the molecule is NC(=S)N(c1cccc(Br)c1)c1cc(C(F)(F)F)ncn1. The third-order valence-electron chi connectivity index (χ3n) is 2.46. The van der Waals surface area contributed by atoms with Gasteiger partial charge in [0.2, 0.25) is 0 Å². The van der Waals surface area contributed by atoms with E-state index in [1.807, 2.05) is 0 Å². The summed E-state index contributed by atoms with van der Waals surface area (Å²) < 4.78 is 38.9. The van der Waals surface area contributed by atoms with Crippen LogP contribution in [0.1, 0.15) is 5.69 Å². The maximum atomic E-state index is 12.7. The molecule has 21 heavy (non-hydrogen) atoms. The molecule has 1 aromatic carbocycles. The zero-order chi connectivity index (χ0) is 15.6. The number of thiocarbonyl (C=S) groups is 1. The Morgan fingerprint density at radius 2 is 1.95 bits per heavy atom. The van der Waals surface area contributed by atoms with Crippen LogP contribution in [0, 0.1) is 0 Å². The number of alkyl halides is 3. The van der Waals surface area contributed by atoms with Gasteiger partial charge >= 0.3 is 6.18 Å². The van der Waals surface area contributed by atoms with Crippen molar-refractivity contribution in [3.8, 4) is 0 Å². The van der Waals surface area contributed by atoms with Crippen molar-refractivity contribution in [2.24, 2.45) is 5.73 Å². The lowest BCUT2D eigenvalue weighted by molar-refractivity contribution is -0.141. The largest absolute Gasteiger partial charge is 0.433 e. The maximum absolute atomic E-state index is 12.7. The topological polar surface area (TPSA) is 55.0 Å². The van der Waals surface area contributed by atoms with Gasteiger partial charge in [0.05, 0.1) is 5.69 Å². The van der Waals surface area contributed by atoms with Gasteiger partial charge in [0.1, 0.15) is 17.8 Å². The van der Waals surface area contributed by atoms with Gasteiger partial charge in [-0.25, -0.2) is 9.97 Å². The van der Waals surface area contributed by atoms with Crippen molar-refractivity contribution in [2.75, 3.05) is 4.90 Å². The highest BCUT2D eigenvalue weighted by molar-refractivity contribution is 9.10. The Labute approximate surface area is 131 Å². The molecular weight excluding hydrogens is 369 g/mol. The smallest absolute Gasteiger partial charge is 0.376 e. The van der Waals surface area contributed by atoms with Gasteiger partial charge in [-0.15, -0.1) is 0 Å². The number of anilines is 2. The number of nitrogens with zero attached hydrogens (tertiary/aromatic N) is 3. The van der Waals surface area contributed by atoms with E-state index in [0.717, 1.165) is 16.9 Å². The van der Waals surface area contributed by atoms with E-state index in [-0.39, 0.29) is 10.9 Å². The van der Waals surface area contributed by atoms with Crippen LogP contribution in [0.4, 0.5) is 24.7 Å². The van der Waals surface area contributed by atoms with Gasteiger partial charge < -0.3 is 5.73 Å². The van der Waals surface area contributed by atoms with E-state index in [1.165, 1.54) is 4.90 Å². The maximum Gasteiger partial charge on any atom is 0.433 e. The minimum Gasteiger partial charge on any atom is -0.376 e. The van der Waals surface area contributed by atoms with E-state index in [2.05, 4.69) is 25.9 Å². The monoisotopic (exact) mass is 376 g/mol. The van der Waals surface area contributed by atoms with E-state index in [1.54, 1.807) is 24.3 Å². The van der Waals surface area contributed by atoms with Crippen molar-refractivity contribution < 1.29 is 13.2 Å². The number of benzene rings is 1. The van der Waals surface area contributed by atoms with Crippen LogP contribution in [0.3, 0.4) is 0 Å². The lowest BCUT2D eigenvalue weighted by Gasteiger charge is -2.22. The van der Waals surface area contributed by atoms with E-state index in [9.17, 15) is 13.2 Å². The van der Waals surface area contributed by atoms with Crippen LogP contribution < -0.4 is 10.6 Å². The van der Waals surface area contributed by atoms with E-state index < -0.39 is 11.9 Å². The second kappa shape index (κ2) is 5.94. The van der Waals surface area contributed by atoms with Crippen molar-refractivity contribution >= 4 is 44.8 Å². The lowest BCUT2D eigenvalue weighted by atomic mass is 10.3. The fourth-order valence-corrected chi connectivity index (χ4v) is 2.20. The Morgan fingerprint density at radius 3 is 2.52 bits per heavy atom. The van der Waals surface area contributed by atoms with Gasteiger partial charge in [-0.1, -0.05) is 22.0 Å². The van der Waals surface area contributed by atoms with Crippen LogP contribution in [0.15, 0.2) is 41.1 Å². The molecular formula is C12H8BrF3N4S. The molecule has 0 amide bonds. The minimum absolute atomic E-state index is 0.0528. The fourth-order valence-electron chi connectivity index (χ4n) is 1.61. The summed E-state index contributed by atoms with van der Waals surface area (Å²) in [5, 5.41) is -0.125. The molecule has 0 unspecified atom stereocenters. The Hall–Kier alpha value is -1.74. The molecule has 0 bridgehead atoms. The van der Waals surface area contributed by atoms with Gasteiger partial charge in [-0.2, -0.15) is 13.2 Å². The summed E-state index contributed by atoms with van der Waals surface area (Å²) in [4.78, 5) is 8.25. The summed E-state index contributed by atoms with van der Waals surface area (Å²) in [7, 11) is 0. The normalized spacial score (nSPS) is 11.2. The third-order valence-corrected chi connectivity index (χ3v) is 3.13. The van der Waals surface area contributed by atoms with Crippen LogP contribution in [0.2, 0.25) is 0 Å². The standard InChI is InChI=1S/C12H8BrF3N4S/c13-7-2-1-3-8(4-7)20(11(17)21)10-5-9(12(14,15)16)18-6-19-10/h1-6H,(H2,17,21). The molecule has 1 aromatic heterocycles. The van der Waals surface area contributed by atoms with Crippen LogP contribution in [0.5, 0.6) is 0 Å². The highest BCUT2D eigenvalue weighted by Crippen LogP contribution is 2.31. The zero-order valence-electron chi connectivity index (χ0n) is 10.3.